The van der Waals surface area contributed by atoms with E-state index in [-0.39, 0.29) is 25.4 Å². The van der Waals surface area contributed by atoms with Crippen LogP contribution in [0.1, 0.15) is 49.5 Å². The lowest BCUT2D eigenvalue weighted by Crippen LogP contribution is -2.29. The molecular formula is C25H26N4O4S. The molecule has 1 atom stereocenters. The molecule has 2 N–H and O–H groups in total. The number of carbonyl (C=O) groups excluding carboxylic acids is 1. The Morgan fingerprint density at radius 1 is 1.29 bits per heavy atom. The molecule has 34 heavy (non-hydrogen) atoms. The molecule has 0 spiro atoms. The molecule has 1 aromatic heterocycles. The number of aliphatic hydroxyl groups is 1. The lowest BCUT2D eigenvalue weighted by atomic mass is 9.86. The zero-order valence-electron chi connectivity index (χ0n) is 19.1. The van der Waals surface area contributed by atoms with E-state index in [2.05, 4.69) is 21.6 Å². The second-order valence-corrected chi connectivity index (χ2v) is 9.19. The van der Waals surface area contributed by atoms with Gasteiger partial charge in [-0.1, -0.05) is 29.5 Å². The fourth-order valence-corrected chi connectivity index (χ4v) is 4.90. The molecule has 1 heterocycles. The van der Waals surface area contributed by atoms with E-state index in [4.69, 9.17) is 14.6 Å². The third kappa shape index (κ3) is 5.19. The molecule has 1 aliphatic rings. The number of nitrogens with one attached hydrogen (secondary N) is 1. The molecule has 0 aliphatic heterocycles. The maximum atomic E-state index is 12.0. The predicted octanol–water partition coefficient (Wildman–Crippen LogP) is 4.63. The van der Waals surface area contributed by atoms with Crippen LogP contribution in [0.4, 0.5) is 4.79 Å². The summed E-state index contributed by atoms with van der Waals surface area (Å²) in [6.45, 7) is 3.86. The van der Waals surface area contributed by atoms with Gasteiger partial charge in [-0.25, -0.2) is 4.79 Å². The van der Waals surface area contributed by atoms with E-state index >= 15 is 0 Å². The summed E-state index contributed by atoms with van der Waals surface area (Å²) in [5, 5.41) is 31.3. The highest BCUT2D eigenvalue weighted by molar-refractivity contribution is 7.17. The van der Waals surface area contributed by atoms with Gasteiger partial charge in [0.15, 0.2) is 0 Å². The van der Waals surface area contributed by atoms with Crippen LogP contribution in [0.3, 0.4) is 0 Å². The van der Waals surface area contributed by atoms with E-state index in [0.717, 1.165) is 46.5 Å². The lowest BCUT2D eigenvalue weighted by Gasteiger charge is -2.26. The van der Waals surface area contributed by atoms with Gasteiger partial charge in [0.2, 0.25) is 0 Å². The Kier molecular flexibility index (Phi) is 7.40. The zero-order chi connectivity index (χ0) is 24.1. The highest BCUT2D eigenvalue weighted by Crippen LogP contribution is 2.40. The minimum atomic E-state index is -0.534. The van der Waals surface area contributed by atoms with Gasteiger partial charge in [0.25, 0.3) is 0 Å². The first-order valence-electron chi connectivity index (χ1n) is 11.2. The highest BCUT2D eigenvalue weighted by Gasteiger charge is 2.26. The number of nitrogens with zero attached hydrogens (tertiary/aromatic N) is 3. The van der Waals surface area contributed by atoms with Crippen LogP contribution in [0.5, 0.6) is 5.75 Å². The van der Waals surface area contributed by atoms with Crippen molar-refractivity contribution in [3.05, 3.63) is 53.1 Å². The molecule has 0 fully saturated rings. The third-order valence-electron chi connectivity index (χ3n) is 5.45. The quantitative estimate of drug-likeness (QED) is 0.508. The van der Waals surface area contributed by atoms with Gasteiger partial charge in [-0.2, -0.15) is 5.26 Å². The fourth-order valence-electron chi connectivity index (χ4n) is 4.01. The Hall–Kier alpha value is -3.48. The van der Waals surface area contributed by atoms with Crippen molar-refractivity contribution in [2.24, 2.45) is 0 Å². The van der Waals surface area contributed by atoms with Gasteiger partial charge >= 0.3 is 6.09 Å². The number of alkyl carbamates (subject to hydrolysis) is 1. The molecule has 3 aromatic rings. The average Bonchev–Trinajstić information content (AvgIpc) is 3.32. The second kappa shape index (κ2) is 10.6. The van der Waals surface area contributed by atoms with Gasteiger partial charge in [-0.05, 0) is 62.4 Å². The molecule has 9 heteroatoms. The molecule has 2 aromatic carbocycles. The van der Waals surface area contributed by atoms with E-state index in [0.29, 0.717) is 16.3 Å². The van der Waals surface area contributed by atoms with Crippen molar-refractivity contribution in [3.8, 4) is 33.0 Å². The number of aromatic nitrogens is 2. The Labute approximate surface area is 202 Å². The first-order valence-corrected chi connectivity index (χ1v) is 12.0. The van der Waals surface area contributed by atoms with Crippen LogP contribution in [-0.2, 0) is 11.2 Å². The maximum Gasteiger partial charge on any atom is 0.407 e. The van der Waals surface area contributed by atoms with Crippen LogP contribution in [0.25, 0.3) is 21.1 Å². The molecule has 1 amide bonds. The summed E-state index contributed by atoms with van der Waals surface area (Å²) in [7, 11) is 0. The lowest BCUT2D eigenvalue weighted by molar-refractivity contribution is 0.0861. The number of hydrogen-bond donors (Lipinski definition) is 2. The molecule has 176 valence electrons. The van der Waals surface area contributed by atoms with Crippen molar-refractivity contribution in [1.29, 1.82) is 5.26 Å². The van der Waals surface area contributed by atoms with Crippen LogP contribution >= 0.6 is 11.3 Å². The Morgan fingerprint density at radius 2 is 2.12 bits per heavy atom. The number of nitriles is 1. The van der Waals surface area contributed by atoms with Crippen LogP contribution < -0.4 is 10.1 Å². The molecule has 0 saturated carbocycles. The first kappa shape index (κ1) is 23.7. The van der Waals surface area contributed by atoms with Gasteiger partial charge in [0, 0.05) is 17.7 Å². The monoisotopic (exact) mass is 478 g/mol. The number of hydrogen-bond acceptors (Lipinski definition) is 8. The van der Waals surface area contributed by atoms with Crippen molar-refractivity contribution in [1.82, 2.24) is 15.5 Å². The van der Waals surface area contributed by atoms with E-state index in [1.54, 1.807) is 12.1 Å². The zero-order valence-corrected chi connectivity index (χ0v) is 19.9. The molecule has 1 unspecified atom stereocenters. The number of benzene rings is 2. The van der Waals surface area contributed by atoms with Gasteiger partial charge < -0.3 is 19.9 Å². The van der Waals surface area contributed by atoms with Crippen molar-refractivity contribution < 1.29 is 19.4 Å². The summed E-state index contributed by atoms with van der Waals surface area (Å²) in [6.07, 6.45) is 1.58. The minimum Gasteiger partial charge on any atom is -0.490 e. The summed E-state index contributed by atoms with van der Waals surface area (Å²) in [4.78, 5) is 12.0. The summed E-state index contributed by atoms with van der Waals surface area (Å²) in [5.74, 6) is 0.553. The van der Waals surface area contributed by atoms with E-state index in [9.17, 15) is 10.1 Å². The van der Waals surface area contributed by atoms with Crippen molar-refractivity contribution >= 4 is 17.4 Å². The van der Waals surface area contributed by atoms with Crippen LogP contribution in [0.15, 0.2) is 36.4 Å². The number of fused-ring (bicyclic) bond motifs is 1. The second-order valence-electron chi connectivity index (χ2n) is 8.21. The summed E-state index contributed by atoms with van der Waals surface area (Å²) >= 11 is 1.46. The van der Waals surface area contributed by atoms with Crippen molar-refractivity contribution in [2.45, 2.75) is 45.3 Å². The van der Waals surface area contributed by atoms with Gasteiger partial charge in [-0.3, -0.25) is 0 Å². The Bertz CT molecular complexity index is 1220. The van der Waals surface area contributed by atoms with E-state index in [1.807, 2.05) is 38.1 Å². The predicted molar refractivity (Wildman–Crippen MR) is 129 cm³/mol. The summed E-state index contributed by atoms with van der Waals surface area (Å²) in [5.41, 5.74) is 4.32. The van der Waals surface area contributed by atoms with Crippen molar-refractivity contribution in [3.63, 3.8) is 0 Å². The molecule has 4 rings (SSSR count). The fraction of sp³-hybridized carbons (Fsp3) is 0.360. The van der Waals surface area contributed by atoms with Gasteiger partial charge in [0.05, 0.1) is 18.3 Å². The molecule has 1 aliphatic carbocycles. The molecule has 0 radical (unpaired) electrons. The third-order valence-corrected chi connectivity index (χ3v) is 6.45. The molecular weight excluding hydrogens is 452 g/mol. The number of amides is 1. The number of ether oxygens (including phenoxy) is 2. The first-order chi connectivity index (χ1) is 16.5. The highest BCUT2D eigenvalue weighted by atomic mass is 32.1. The smallest absolute Gasteiger partial charge is 0.407 e. The molecule has 0 saturated heterocycles. The maximum absolute atomic E-state index is 12.0. The Balaban J connectivity index is 1.61. The number of carbonyl (C=O) groups is 1. The van der Waals surface area contributed by atoms with Crippen LogP contribution in [0.2, 0.25) is 0 Å². The van der Waals surface area contributed by atoms with Gasteiger partial charge in [-0.15, -0.1) is 10.2 Å². The van der Waals surface area contributed by atoms with Crippen LogP contribution in [0, 0.1) is 11.3 Å². The topological polar surface area (TPSA) is 117 Å². The van der Waals surface area contributed by atoms with Crippen LogP contribution in [-0.4, -0.2) is 40.7 Å². The standard InChI is InChI=1S/C25H26N4O4S/c1-15(2)32-21-10-9-16(13-17(21)14-26)23-28-29-24(34-23)20-7-3-6-19-18(20)5-4-8-22(19)33-25(31)27-11-12-30/h3,6-7,9-10,13,15,22,30H,4-5,8,11-12H2,1-2H3,(H,27,31). The normalized spacial score (nSPS) is 14.9. The van der Waals surface area contributed by atoms with Crippen molar-refractivity contribution in [2.75, 3.05) is 13.2 Å². The number of aliphatic hydroxyl groups excluding tert-OH is 1. The minimum absolute atomic E-state index is 0.0242. The van der Waals surface area contributed by atoms with E-state index < -0.39 is 6.09 Å². The summed E-state index contributed by atoms with van der Waals surface area (Å²) < 4.78 is 11.3. The molecule has 0 bridgehead atoms. The van der Waals surface area contributed by atoms with Gasteiger partial charge in [0.1, 0.15) is 27.9 Å². The molecule has 8 nitrogen and oxygen atoms in total. The van der Waals surface area contributed by atoms with E-state index in [1.165, 1.54) is 11.3 Å². The SMILES string of the molecule is CC(C)Oc1ccc(-c2nnc(-c3cccc4c3CCCC4OC(=O)NCCO)s2)cc1C#N. The average molecular weight is 479 g/mol. The number of rotatable bonds is 7. The largest absolute Gasteiger partial charge is 0.490 e. The summed E-state index contributed by atoms with van der Waals surface area (Å²) in [6, 6.07) is 13.6. The Morgan fingerprint density at radius 3 is 2.88 bits per heavy atom.